The molecule has 0 bridgehead atoms. The second-order valence-electron chi connectivity index (χ2n) is 5.15. The minimum Gasteiger partial charge on any atom is -0.384 e. The SMILES string of the molecule is Cc1cc(Cl)cc(C(O)c2ccc(Br)c3ccccc23)c1. The van der Waals surface area contributed by atoms with Gasteiger partial charge >= 0.3 is 0 Å². The lowest BCUT2D eigenvalue weighted by molar-refractivity contribution is 0.222. The largest absolute Gasteiger partial charge is 0.384 e. The zero-order valence-corrected chi connectivity index (χ0v) is 13.8. The van der Waals surface area contributed by atoms with E-state index >= 15 is 0 Å². The Labute approximate surface area is 137 Å². The van der Waals surface area contributed by atoms with Crippen molar-refractivity contribution in [2.75, 3.05) is 0 Å². The Kier molecular flexibility index (Phi) is 4.03. The predicted octanol–water partition coefficient (Wildman–Crippen LogP) is 5.65. The summed E-state index contributed by atoms with van der Waals surface area (Å²) in [4.78, 5) is 0. The van der Waals surface area contributed by atoms with Gasteiger partial charge in [-0.3, -0.25) is 0 Å². The number of aliphatic hydroxyl groups excluding tert-OH is 1. The molecule has 0 heterocycles. The number of aliphatic hydroxyl groups is 1. The van der Waals surface area contributed by atoms with Crippen molar-refractivity contribution in [1.29, 1.82) is 0 Å². The maximum atomic E-state index is 10.8. The second kappa shape index (κ2) is 5.80. The fraction of sp³-hybridized carbons (Fsp3) is 0.111. The number of hydrogen-bond acceptors (Lipinski definition) is 1. The van der Waals surface area contributed by atoms with E-state index in [1.54, 1.807) is 0 Å². The molecule has 3 aromatic carbocycles. The van der Waals surface area contributed by atoms with Gasteiger partial charge < -0.3 is 5.11 Å². The van der Waals surface area contributed by atoms with Crippen molar-refractivity contribution >= 4 is 38.3 Å². The van der Waals surface area contributed by atoms with Gasteiger partial charge in [0.1, 0.15) is 6.10 Å². The molecule has 0 aliphatic carbocycles. The van der Waals surface area contributed by atoms with Crippen molar-refractivity contribution in [2.24, 2.45) is 0 Å². The molecule has 0 spiro atoms. The van der Waals surface area contributed by atoms with Crippen LogP contribution in [0.2, 0.25) is 5.02 Å². The Hall–Kier alpha value is -1.35. The second-order valence-corrected chi connectivity index (χ2v) is 6.44. The van der Waals surface area contributed by atoms with Crippen LogP contribution >= 0.6 is 27.5 Å². The van der Waals surface area contributed by atoms with E-state index < -0.39 is 6.10 Å². The molecule has 0 saturated carbocycles. The van der Waals surface area contributed by atoms with Crippen LogP contribution in [-0.4, -0.2) is 5.11 Å². The van der Waals surface area contributed by atoms with Crippen molar-refractivity contribution in [1.82, 2.24) is 0 Å². The lowest BCUT2D eigenvalue weighted by Crippen LogP contribution is -2.01. The molecule has 0 radical (unpaired) electrons. The van der Waals surface area contributed by atoms with Gasteiger partial charge in [0.2, 0.25) is 0 Å². The summed E-state index contributed by atoms with van der Waals surface area (Å²) >= 11 is 9.66. The standard InChI is InChI=1S/C18H14BrClO/c1-11-8-12(10-13(20)9-11)18(21)16-6-7-17(19)15-5-3-2-4-14(15)16/h2-10,18,21H,1H3. The summed E-state index contributed by atoms with van der Waals surface area (Å²) in [5.74, 6) is 0. The maximum absolute atomic E-state index is 10.8. The van der Waals surface area contributed by atoms with Crippen LogP contribution in [0.15, 0.2) is 59.1 Å². The highest BCUT2D eigenvalue weighted by atomic mass is 79.9. The van der Waals surface area contributed by atoms with Gasteiger partial charge in [0.15, 0.2) is 0 Å². The van der Waals surface area contributed by atoms with Crippen molar-refractivity contribution < 1.29 is 5.11 Å². The van der Waals surface area contributed by atoms with E-state index in [1.165, 1.54) is 0 Å². The Bertz CT molecular complexity index is 793. The zero-order chi connectivity index (χ0) is 15.0. The number of benzene rings is 3. The third-order valence-corrected chi connectivity index (χ3v) is 4.49. The smallest absolute Gasteiger partial charge is 0.105 e. The molecule has 0 aliphatic heterocycles. The molecular formula is C18H14BrClO. The number of halogens is 2. The van der Waals surface area contributed by atoms with Crippen LogP contribution < -0.4 is 0 Å². The minimum absolute atomic E-state index is 0.644. The van der Waals surface area contributed by atoms with Gasteiger partial charge in [0.05, 0.1) is 0 Å². The van der Waals surface area contributed by atoms with E-state index in [9.17, 15) is 5.11 Å². The van der Waals surface area contributed by atoms with Crippen molar-refractivity contribution in [3.8, 4) is 0 Å². The topological polar surface area (TPSA) is 20.2 Å². The highest BCUT2D eigenvalue weighted by Gasteiger charge is 2.15. The molecular weight excluding hydrogens is 348 g/mol. The maximum Gasteiger partial charge on any atom is 0.105 e. The number of rotatable bonds is 2. The third-order valence-electron chi connectivity index (χ3n) is 3.58. The van der Waals surface area contributed by atoms with E-state index in [-0.39, 0.29) is 0 Å². The Morgan fingerprint density at radius 3 is 2.43 bits per heavy atom. The van der Waals surface area contributed by atoms with Gasteiger partial charge in [0, 0.05) is 9.50 Å². The molecule has 3 rings (SSSR count). The number of hydrogen-bond donors (Lipinski definition) is 1. The van der Waals surface area contributed by atoms with Crippen molar-refractivity contribution in [2.45, 2.75) is 13.0 Å². The first-order valence-electron chi connectivity index (χ1n) is 6.68. The molecule has 1 atom stereocenters. The average molecular weight is 362 g/mol. The molecule has 0 aliphatic rings. The predicted molar refractivity (Wildman–Crippen MR) is 91.9 cm³/mol. The number of aryl methyl sites for hydroxylation is 1. The fourth-order valence-electron chi connectivity index (χ4n) is 2.63. The van der Waals surface area contributed by atoms with E-state index in [2.05, 4.69) is 15.9 Å². The van der Waals surface area contributed by atoms with E-state index in [4.69, 9.17) is 11.6 Å². The molecule has 0 aromatic heterocycles. The summed E-state index contributed by atoms with van der Waals surface area (Å²) in [6.45, 7) is 1.97. The quantitative estimate of drug-likeness (QED) is 0.625. The van der Waals surface area contributed by atoms with Crippen molar-refractivity contribution in [3.05, 3.63) is 80.8 Å². The van der Waals surface area contributed by atoms with Gasteiger partial charge in [-0.15, -0.1) is 0 Å². The van der Waals surface area contributed by atoms with Crippen LogP contribution in [0, 0.1) is 6.92 Å². The molecule has 1 N–H and O–H groups in total. The molecule has 0 amide bonds. The summed E-state index contributed by atoms with van der Waals surface area (Å²) in [7, 11) is 0. The summed E-state index contributed by atoms with van der Waals surface area (Å²) < 4.78 is 1.02. The Morgan fingerprint density at radius 1 is 1.00 bits per heavy atom. The van der Waals surface area contributed by atoms with Gasteiger partial charge in [0.25, 0.3) is 0 Å². The molecule has 3 heteroatoms. The Balaban J connectivity index is 2.18. The average Bonchev–Trinajstić information content (AvgIpc) is 2.46. The van der Waals surface area contributed by atoms with Crippen LogP contribution in [0.1, 0.15) is 22.8 Å². The molecule has 1 nitrogen and oxygen atoms in total. The van der Waals surface area contributed by atoms with Crippen molar-refractivity contribution in [3.63, 3.8) is 0 Å². The lowest BCUT2D eigenvalue weighted by Gasteiger charge is -2.16. The molecule has 1 unspecified atom stereocenters. The van der Waals surface area contributed by atoms with E-state index in [0.717, 1.165) is 31.9 Å². The minimum atomic E-state index is -0.694. The Morgan fingerprint density at radius 2 is 1.71 bits per heavy atom. The summed E-state index contributed by atoms with van der Waals surface area (Å²) in [6, 6.07) is 17.6. The lowest BCUT2D eigenvalue weighted by atomic mass is 9.95. The van der Waals surface area contributed by atoms with Gasteiger partial charge in [-0.1, -0.05) is 63.9 Å². The molecule has 3 aromatic rings. The summed E-state index contributed by atoms with van der Waals surface area (Å²) in [6.07, 6.45) is -0.694. The van der Waals surface area contributed by atoms with Gasteiger partial charge in [-0.25, -0.2) is 0 Å². The van der Waals surface area contributed by atoms with Gasteiger partial charge in [-0.05, 0) is 52.6 Å². The molecule has 0 saturated heterocycles. The number of fused-ring (bicyclic) bond motifs is 1. The van der Waals surface area contributed by atoms with Crippen LogP contribution in [0.4, 0.5) is 0 Å². The zero-order valence-electron chi connectivity index (χ0n) is 11.5. The first kappa shape index (κ1) is 14.6. The summed E-state index contributed by atoms with van der Waals surface area (Å²) in [5, 5.41) is 13.5. The van der Waals surface area contributed by atoms with Crippen LogP contribution in [-0.2, 0) is 0 Å². The normalized spacial score (nSPS) is 12.6. The monoisotopic (exact) mass is 360 g/mol. The highest BCUT2D eigenvalue weighted by Crippen LogP contribution is 2.33. The van der Waals surface area contributed by atoms with Crippen LogP contribution in [0.25, 0.3) is 10.8 Å². The molecule has 0 fully saturated rings. The first-order valence-corrected chi connectivity index (χ1v) is 7.85. The van der Waals surface area contributed by atoms with E-state index in [1.807, 2.05) is 61.5 Å². The first-order chi connectivity index (χ1) is 10.1. The van der Waals surface area contributed by atoms with Crippen LogP contribution in [0.3, 0.4) is 0 Å². The van der Waals surface area contributed by atoms with Crippen LogP contribution in [0.5, 0.6) is 0 Å². The van der Waals surface area contributed by atoms with E-state index in [0.29, 0.717) is 5.02 Å². The molecule has 21 heavy (non-hydrogen) atoms. The molecule has 106 valence electrons. The third kappa shape index (κ3) is 2.84. The fourth-order valence-corrected chi connectivity index (χ4v) is 3.40. The van der Waals surface area contributed by atoms with Gasteiger partial charge in [-0.2, -0.15) is 0 Å². The highest BCUT2D eigenvalue weighted by molar-refractivity contribution is 9.10. The summed E-state index contributed by atoms with van der Waals surface area (Å²) in [5.41, 5.74) is 2.74.